The van der Waals surface area contributed by atoms with Gasteiger partial charge in [0.05, 0.1) is 0 Å². The van der Waals surface area contributed by atoms with Crippen LogP contribution in [0.2, 0.25) is 4.34 Å². The SMILES string of the molecule is NC1(C(=O)O)CCN(Cc2nnsc2Cl)C1. The van der Waals surface area contributed by atoms with Crippen molar-refractivity contribution in [3.63, 3.8) is 0 Å². The average molecular weight is 263 g/mol. The van der Waals surface area contributed by atoms with Gasteiger partial charge < -0.3 is 10.8 Å². The highest BCUT2D eigenvalue weighted by atomic mass is 35.5. The molecule has 0 radical (unpaired) electrons. The van der Waals surface area contributed by atoms with Gasteiger partial charge in [-0.1, -0.05) is 16.1 Å². The molecule has 2 heterocycles. The Kier molecular flexibility index (Phi) is 3.11. The molecule has 6 nitrogen and oxygen atoms in total. The molecule has 1 atom stereocenters. The Labute approximate surface area is 101 Å². The van der Waals surface area contributed by atoms with Gasteiger partial charge in [-0.15, -0.1) is 5.10 Å². The minimum atomic E-state index is -1.14. The maximum atomic E-state index is 10.9. The maximum Gasteiger partial charge on any atom is 0.325 e. The minimum absolute atomic E-state index is 0.316. The van der Waals surface area contributed by atoms with Gasteiger partial charge in [0.15, 0.2) is 0 Å². The number of carbonyl (C=O) groups is 1. The van der Waals surface area contributed by atoms with Gasteiger partial charge >= 0.3 is 5.97 Å². The van der Waals surface area contributed by atoms with Gasteiger partial charge in [-0.2, -0.15) is 0 Å². The van der Waals surface area contributed by atoms with Gasteiger partial charge in [-0.25, -0.2) is 0 Å². The van der Waals surface area contributed by atoms with Crippen LogP contribution in [-0.2, 0) is 11.3 Å². The first-order chi connectivity index (χ1) is 7.51. The van der Waals surface area contributed by atoms with Crippen molar-refractivity contribution in [1.82, 2.24) is 14.5 Å². The summed E-state index contributed by atoms with van der Waals surface area (Å²) < 4.78 is 4.27. The lowest BCUT2D eigenvalue weighted by Crippen LogP contribution is -2.50. The predicted octanol–water partition coefficient (Wildman–Crippen LogP) is 0.179. The van der Waals surface area contributed by atoms with Crippen LogP contribution in [0.4, 0.5) is 0 Å². The van der Waals surface area contributed by atoms with E-state index >= 15 is 0 Å². The van der Waals surface area contributed by atoms with E-state index in [1.807, 2.05) is 4.90 Å². The Balaban J connectivity index is 2.00. The maximum absolute atomic E-state index is 10.9. The highest BCUT2D eigenvalue weighted by Gasteiger charge is 2.41. The van der Waals surface area contributed by atoms with Crippen LogP contribution < -0.4 is 5.73 Å². The summed E-state index contributed by atoms with van der Waals surface area (Å²) in [5.41, 5.74) is 5.29. The number of aliphatic carboxylic acids is 1. The van der Waals surface area contributed by atoms with Crippen molar-refractivity contribution in [1.29, 1.82) is 0 Å². The molecule has 16 heavy (non-hydrogen) atoms. The number of nitrogens with two attached hydrogens (primary N) is 1. The standard InChI is InChI=1S/C8H11ClN4O2S/c9-6-5(11-12-16-6)3-13-2-1-8(10,4-13)7(14)15/h1-4,10H2,(H,14,15). The molecule has 3 N–H and O–H groups in total. The summed E-state index contributed by atoms with van der Waals surface area (Å²) in [5, 5.41) is 12.8. The van der Waals surface area contributed by atoms with Gasteiger partial charge in [0.25, 0.3) is 0 Å². The van der Waals surface area contributed by atoms with E-state index in [1.165, 1.54) is 0 Å². The van der Waals surface area contributed by atoms with E-state index < -0.39 is 11.5 Å². The zero-order valence-corrected chi connectivity index (χ0v) is 9.96. The summed E-state index contributed by atoms with van der Waals surface area (Å²) in [6.45, 7) is 1.45. The summed E-state index contributed by atoms with van der Waals surface area (Å²) >= 11 is 7.00. The number of carboxylic acids is 1. The van der Waals surface area contributed by atoms with Gasteiger partial charge in [-0.05, 0) is 6.42 Å². The molecule has 1 aliphatic heterocycles. The molecular formula is C8H11ClN4O2S. The van der Waals surface area contributed by atoms with Crippen LogP contribution in [0, 0.1) is 0 Å². The molecule has 8 heteroatoms. The smallest absolute Gasteiger partial charge is 0.325 e. The van der Waals surface area contributed by atoms with Crippen LogP contribution >= 0.6 is 23.1 Å². The zero-order valence-electron chi connectivity index (χ0n) is 8.39. The number of halogens is 1. The minimum Gasteiger partial charge on any atom is -0.480 e. The number of likely N-dealkylation sites (tertiary alicyclic amines) is 1. The average Bonchev–Trinajstić information content (AvgIpc) is 2.77. The van der Waals surface area contributed by atoms with Gasteiger partial charge in [0.1, 0.15) is 15.6 Å². The molecule has 0 aromatic carbocycles. The van der Waals surface area contributed by atoms with Crippen LogP contribution in [0.5, 0.6) is 0 Å². The molecule has 1 aliphatic rings. The highest BCUT2D eigenvalue weighted by molar-refractivity contribution is 7.10. The lowest BCUT2D eigenvalue weighted by molar-refractivity contribution is -0.142. The lowest BCUT2D eigenvalue weighted by atomic mass is 10.0. The fourth-order valence-electron chi connectivity index (χ4n) is 1.73. The lowest BCUT2D eigenvalue weighted by Gasteiger charge is -2.19. The first kappa shape index (κ1) is 11.7. The predicted molar refractivity (Wildman–Crippen MR) is 59.4 cm³/mol. The van der Waals surface area contributed by atoms with Crippen molar-refractivity contribution < 1.29 is 9.90 Å². The Morgan fingerprint density at radius 1 is 1.75 bits per heavy atom. The molecule has 88 valence electrons. The van der Waals surface area contributed by atoms with Crippen LogP contribution in [0.15, 0.2) is 0 Å². The van der Waals surface area contributed by atoms with Crippen LogP contribution in [0.25, 0.3) is 0 Å². The van der Waals surface area contributed by atoms with E-state index in [4.69, 9.17) is 22.4 Å². The molecule has 0 bridgehead atoms. The topological polar surface area (TPSA) is 92.3 Å². The van der Waals surface area contributed by atoms with E-state index in [9.17, 15) is 4.79 Å². The van der Waals surface area contributed by atoms with Crippen molar-refractivity contribution in [2.75, 3.05) is 13.1 Å². The number of aromatic nitrogens is 2. The third kappa shape index (κ3) is 2.17. The van der Waals surface area contributed by atoms with E-state index in [2.05, 4.69) is 9.59 Å². The number of hydrogen-bond acceptors (Lipinski definition) is 6. The van der Waals surface area contributed by atoms with E-state index in [0.717, 1.165) is 11.5 Å². The second kappa shape index (κ2) is 4.25. The molecule has 0 aliphatic carbocycles. The second-order valence-corrected chi connectivity index (χ2v) is 5.27. The third-order valence-corrected chi connectivity index (χ3v) is 3.67. The van der Waals surface area contributed by atoms with Gasteiger partial charge in [0, 0.05) is 31.2 Å². The largest absolute Gasteiger partial charge is 0.480 e. The number of nitrogens with zero attached hydrogens (tertiary/aromatic N) is 3. The fourth-order valence-corrected chi connectivity index (χ4v) is 2.34. The Morgan fingerprint density at radius 3 is 3.00 bits per heavy atom. The molecule has 1 fully saturated rings. The quantitative estimate of drug-likeness (QED) is 0.807. The molecule has 1 aromatic rings. The van der Waals surface area contributed by atoms with E-state index in [-0.39, 0.29) is 0 Å². The molecule has 1 saturated heterocycles. The Morgan fingerprint density at radius 2 is 2.50 bits per heavy atom. The third-order valence-electron chi connectivity index (χ3n) is 2.69. The van der Waals surface area contributed by atoms with Crippen LogP contribution in [0.1, 0.15) is 12.1 Å². The summed E-state index contributed by atoms with van der Waals surface area (Å²) in [5.74, 6) is -0.961. The first-order valence-corrected chi connectivity index (χ1v) is 5.88. The van der Waals surface area contributed by atoms with Crippen LogP contribution in [-0.4, -0.2) is 44.2 Å². The van der Waals surface area contributed by atoms with Crippen molar-refractivity contribution >= 4 is 29.1 Å². The van der Waals surface area contributed by atoms with Crippen molar-refractivity contribution in [3.8, 4) is 0 Å². The molecule has 1 aromatic heterocycles. The molecule has 0 spiro atoms. The highest BCUT2D eigenvalue weighted by Crippen LogP contribution is 2.24. The number of hydrogen-bond donors (Lipinski definition) is 2. The summed E-state index contributed by atoms with van der Waals surface area (Å²) in [6, 6.07) is 0. The molecule has 0 amide bonds. The molecular weight excluding hydrogens is 252 g/mol. The molecule has 1 unspecified atom stereocenters. The van der Waals surface area contributed by atoms with Gasteiger partial charge in [-0.3, -0.25) is 9.69 Å². The van der Waals surface area contributed by atoms with Crippen molar-refractivity contribution in [2.45, 2.75) is 18.5 Å². The monoisotopic (exact) mass is 262 g/mol. The molecule has 2 rings (SSSR count). The Hall–Kier alpha value is -0.760. The van der Waals surface area contributed by atoms with E-state index in [1.54, 1.807) is 0 Å². The van der Waals surface area contributed by atoms with Crippen molar-refractivity contribution in [3.05, 3.63) is 10.0 Å². The first-order valence-electron chi connectivity index (χ1n) is 4.73. The number of rotatable bonds is 3. The normalized spacial score (nSPS) is 26.1. The summed E-state index contributed by atoms with van der Waals surface area (Å²) in [4.78, 5) is 12.9. The number of carboxylic acid groups (broad SMARTS) is 1. The summed E-state index contributed by atoms with van der Waals surface area (Å²) in [6.07, 6.45) is 0.442. The Bertz CT molecular complexity index is 412. The van der Waals surface area contributed by atoms with Crippen molar-refractivity contribution in [2.24, 2.45) is 5.73 Å². The van der Waals surface area contributed by atoms with E-state index in [0.29, 0.717) is 36.1 Å². The fraction of sp³-hybridized carbons (Fsp3) is 0.625. The zero-order chi connectivity index (χ0) is 11.8. The summed E-state index contributed by atoms with van der Waals surface area (Å²) in [7, 11) is 0. The molecule has 0 saturated carbocycles. The second-order valence-electron chi connectivity index (χ2n) is 3.92. The van der Waals surface area contributed by atoms with Crippen LogP contribution in [0.3, 0.4) is 0 Å². The van der Waals surface area contributed by atoms with Gasteiger partial charge in [0.2, 0.25) is 0 Å².